The number of aromatic nitrogens is 2. The van der Waals surface area contributed by atoms with E-state index >= 15 is 0 Å². The standard InChI is InChI=1S/C26H27ClFN5O3/c1-3-24(34)32-22-11-18-21(29-15-30-25(18)31-16-4-5-20(28)19(27)10-16)12-23(22)36-17-13-26(35-14-17)6-8-33(2)9-7-26/h3-5,10-12,15,17H,1,6-9,13-14H2,2H3,(H,32,34)(H,29,30,31). The van der Waals surface area contributed by atoms with Gasteiger partial charge >= 0.3 is 0 Å². The quantitative estimate of drug-likeness (QED) is 0.454. The maximum atomic E-state index is 13.6. The van der Waals surface area contributed by atoms with Gasteiger partial charge in [-0.3, -0.25) is 4.79 Å². The average Bonchev–Trinajstić information content (AvgIpc) is 3.26. The molecule has 5 rings (SSSR count). The molecule has 0 bridgehead atoms. The number of fused-ring (bicyclic) bond motifs is 1. The zero-order valence-electron chi connectivity index (χ0n) is 19.9. The lowest BCUT2D eigenvalue weighted by atomic mass is 9.88. The molecule has 188 valence electrons. The lowest BCUT2D eigenvalue weighted by Crippen LogP contribution is -2.42. The highest BCUT2D eigenvalue weighted by Gasteiger charge is 2.43. The summed E-state index contributed by atoms with van der Waals surface area (Å²) in [6.45, 7) is 6.02. The van der Waals surface area contributed by atoms with Crippen LogP contribution in [-0.4, -0.2) is 59.2 Å². The summed E-state index contributed by atoms with van der Waals surface area (Å²) in [6.07, 6.45) is 5.20. The van der Waals surface area contributed by atoms with Crippen LogP contribution in [0.15, 0.2) is 49.3 Å². The van der Waals surface area contributed by atoms with E-state index < -0.39 is 5.82 Å². The van der Waals surface area contributed by atoms with Crippen LogP contribution in [-0.2, 0) is 9.53 Å². The number of carbonyl (C=O) groups excluding carboxylic acids is 1. The summed E-state index contributed by atoms with van der Waals surface area (Å²) >= 11 is 5.93. The molecule has 0 aliphatic carbocycles. The Morgan fingerprint density at radius 2 is 2.11 bits per heavy atom. The highest BCUT2D eigenvalue weighted by molar-refractivity contribution is 6.31. The number of ether oxygens (including phenoxy) is 2. The fourth-order valence-electron chi connectivity index (χ4n) is 4.71. The predicted octanol–water partition coefficient (Wildman–Crippen LogP) is 4.92. The lowest BCUT2D eigenvalue weighted by Gasteiger charge is -2.36. The van der Waals surface area contributed by atoms with Gasteiger partial charge in [-0.15, -0.1) is 0 Å². The van der Waals surface area contributed by atoms with E-state index in [-0.39, 0.29) is 22.6 Å². The van der Waals surface area contributed by atoms with Crippen LogP contribution in [0.25, 0.3) is 10.9 Å². The van der Waals surface area contributed by atoms with Gasteiger partial charge in [0.25, 0.3) is 0 Å². The van der Waals surface area contributed by atoms with Gasteiger partial charge in [-0.1, -0.05) is 18.2 Å². The van der Waals surface area contributed by atoms with E-state index in [0.717, 1.165) is 32.4 Å². The molecule has 0 saturated carbocycles. The minimum Gasteiger partial charge on any atom is -0.486 e. The van der Waals surface area contributed by atoms with Crippen molar-refractivity contribution in [1.82, 2.24) is 14.9 Å². The number of halogens is 2. The SMILES string of the molecule is C=CC(=O)Nc1cc2c(Nc3ccc(F)c(Cl)c3)ncnc2cc1OC1COC2(CCN(C)CC2)C1. The van der Waals surface area contributed by atoms with Gasteiger partial charge in [0, 0.05) is 36.7 Å². The Bertz CT molecular complexity index is 1310. The van der Waals surface area contributed by atoms with Crippen LogP contribution >= 0.6 is 11.6 Å². The number of nitrogens with one attached hydrogen (secondary N) is 2. The number of rotatable bonds is 6. The second kappa shape index (κ2) is 10.0. The summed E-state index contributed by atoms with van der Waals surface area (Å²) < 4.78 is 26.2. The third-order valence-corrected chi connectivity index (χ3v) is 7.02. The molecule has 8 nitrogen and oxygen atoms in total. The van der Waals surface area contributed by atoms with Gasteiger partial charge in [0.2, 0.25) is 5.91 Å². The summed E-state index contributed by atoms with van der Waals surface area (Å²) in [5.41, 5.74) is 1.48. The summed E-state index contributed by atoms with van der Waals surface area (Å²) in [7, 11) is 2.12. The molecule has 2 aliphatic heterocycles. The maximum Gasteiger partial charge on any atom is 0.247 e. The van der Waals surface area contributed by atoms with Crippen molar-refractivity contribution in [3.8, 4) is 5.75 Å². The Morgan fingerprint density at radius 1 is 1.31 bits per heavy atom. The molecule has 1 amide bonds. The first kappa shape index (κ1) is 24.4. The van der Waals surface area contributed by atoms with Crippen LogP contribution in [0.3, 0.4) is 0 Å². The van der Waals surface area contributed by atoms with Crippen molar-refractivity contribution in [2.24, 2.45) is 0 Å². The highest BCUT2D eigenvalue weighted by Crippen LogP contribution is 2.40. The molecule has 1 spiro atoms. The number of piperidine rings is 1. The van der Waals surface area contributed by atoms with Gasteiger partial charge in [0.1, 0.15) is 29.8 Å². The molecule has 2 fully saturated rings. The molecular formula is C26H27ClFN5O3. The molecule has 36 heavy (non-hydrogen) atoms. The maximum absolute atomic E-state index is 13.6. The number of hydrogen-bond donors (Lipinski definition) is 2. The number of likely N-dealkylation sites (tertiary alicyclic amines) is 1. The molecule has 2 N–H and O–H groups in total. The van der Waals surface area contributed by atoms with Crippen molar-refractivity contribution >= 4 is 45.6 Å². The summed E-state index contributed by atoms with van der Waals surface area (Å²) in [5, 5.41) is 6.60. The van der Waals surface area contributed by atoms with E-state index in [0.29, 0.717) is 40.5 Å². The number of hydrogen-bond acceptors (Lipinski definition) is 7. The van der Waals surface area contributed by atoms with E-state index in [1.54, 1.807) is 18.2 Å². The molecule has 2 saturated heterocycles. The van der Waals surface area contributed by atoms with Crippen LogP contribution < -0.4 is 15.4 Å². The van der Waals surface area contributed by atoms with Crippen LogP contribution in [0.5, 0.6) is 5.75 Å². The van der Waals surface area contributed by atoms with E-state index in [2.05, 4.69) is 39.1 Å². The third kappa shape index (κ3) is 5.13. The Morgan fingerprint density at radius 3 is 2.86 bits per heavy atom. The minimum absolute atomic E-state index is 0.00542. The average molecular weight is 512 g/mol. The third-order valence-electron chi connectivity index (χ3n) is 6.73. The lowest BCUT2D eigenvalue weighted by molar-refractivity contribution is -0.111. The smallest absolute Gasteiger partial charge is 0.247 e. The molecule has 10 heteroatoms. The molecule has 1 atom stereocenters. The zero-order chi connectivity index (χ0) is 25.3. The van der Waals surface area contributed by atoms with Crippen LogP contribution in [0.4, 0.5) is 21.6 Å². The molecule has 2 aromatic carbocycles. The Kier molecular flexibility index (Phi) is 6.79. The van der Waals surface area contributed by atoms with E-state index in [9.17, 15) is 9.18 Å². The number of amides is 1. The molecule has 0 radical (unpaired) electrons. The summed E-state index contributed by atoms with van der Waals surface area (Å²) in [4.78, 5) is 23.2. The first-order chi connectivity index (χ1) is 17.3. The minimum atomic E-state index is -0.510. The monoisotopic (exact) mass is 511 g/mol. The van der Waals surface area contributed by atoms with Gasteiger partial charge in [0.05, 0.1) is 28.4 Å². The van der Waals surface area contributed by atoms with E-state index in [1.165, 1.54) is 24.5 Å². The number of anilines is 3. The fourth-order valence-corrected chi connectivity index (χ4v) is 4.89. The molecule has 3 heterocycles. The second-order valence-electron chi connectivity index (χ2n) is 9.28. The molecular weight excluding hydrogens is 485 g/mol. The van der Waals surface area contributed by atoms with Crippen molar-refractivity contribution in [3.05, 3.63) is 60.2 Å². The largest absolute Gasteiger partial charge is 0.486 e. The van der Waals surface area contributed by atoms with Crippen LogP contribution in [0.1, 0.15) is 19.3 Å². The zero-order valence-corrected chi connectivity index (χ0v) is 20.6. The van der Waals surface area contributed by atoms with E-state index in [4.69, 9.17) is 21.1 Å². The van der Waals surface area contributed by atoms with Gasteiger partial charge in [-0.25, -0.2) is 14.4 Å². The van der Waals surface area contributed by atoms with Crippen LogP contribution in [0, 0.1) is 5.82 Å². The van der Waals surface area contributed by atoms with Gasteiger partial charge in [0.15, 0.2) is 0 Å². The van der Waals surface area contributed by atoms with Crippen molar-refractivity contribution in [2.45, 2.75) is 31.0 Å². The fraction of sp³-hybridized carbons (Fsp3) is 0.346. The number of nitrogens with zero attached hydrogens (tertiary/aromatic N) is 3. The second-order valence-corrected chi connectivity index (χ2v) is 9.68. The van der Waals surface area contributed by atoms with Crippen molar-refractivity contribution < 1.29 is 18.7 Å². The first-order valence-electron chi connectivity index (χ1n) is 11.8. The first-order valence-corrected chi connectivity index (χ1v) is 12.2. The van der Waals surface area contributed by atoms with Gasteiger partial charge in [-0.05, 0) is 50.2 Å². The summed E-state index contributed by atoms with van der Waals surface area (Å²) in [5.74, 6) is 0.0813. The van der Waals surface area contributed by atoms with Crippen molar-refractivity contribution in [3.63, 3.8) is 0 Å². The summed E-state index contributed by atoms with van der Waals surface area (Å²) in [6, 6.07) is 7.84. The molecule has 2 aliphatic rings. The highest BCUT2D eigenvalue weighted by atomic mass is 35.5. The van der Waals surface area contributed by atoms with E-state index in [1.807, 2.05) is 0 Å². The Balaban J connectivity index is 1.44. The van der Waals surface area contributed by atoms with Gasteiger partial charge < -0.3 is 25.0 Å². The van der Waals surface area contributed by atoms with Gasteiger partial charge in [-0.2, -0.15) is 0 Å². The van der Waals surface area contributed by atoms with Crippen molar-refractivity contribution in [2.75, 3.05) is 37.4 Å². The Hall–Kier alpha value is -3.27. The predicted molar refractivity (Wildman–Crippen MR) is 138 cm³/mol. The number of benzene rings is 2. The molecule has 3 aromatic rings. The molecule has 1 unspecified atom stereocenters. The van der Waals surface area contributed by atoms with Crippen molar-refractivity contribution in [1.29, 1.82) is 0 Å². The normalized spacial score (nSPS) is 19.4. The topological polar surface area (TPSA) is 88.6 Å². The molecule has 1 aromatic heterocycles. The van der Waals surface area contributed by atoms with Crippen LogP contribution in [0.2, 0.25) is 5.02 Å². The number of carbonyl (C=O) groups is 1. The Labute approximate surface area is 213 Å².